The van der Waals surface area contributed by atoms with Crippen LogP contribution in [0.1, 0.15) is 165 Å². The molecular weight excluding hydrogens is 1700 g/mol. The van der Waals surface area contributed by atoms with Crippen LogP contribution in [0.25, 0.3) is 0 Å². The smallest absolute Gasteiger partial charge is 0.139 e. The van der Waals surface area contributed by atoms with E-state index in [2.05, 4.69) is 39.9 Å². The number of nitrogens with two attached hydrogens (primary N) is 1. The van der Waals surface area contributed by atoms with Crippen molar-refractivity contribution in [3.05, 3.63) is 60.2 Å². The summed E-state index contributed by atoms with van der Waals surface area (Å²) in [5.41, 5.74) is 6.88. The molecule has 0 unspecified atom stereocenters. The van der Waals surface area contributed by atoms with Gasteiger partial charge in [-0.15, -0.1) is 0 Å². The molecule has 0 spiro atoms. The SMILES string of the molecule is C.C[C@@]1(O)CC[C@@]2(C)[C@@H](CC[C@@H]3[C@@H]2CC[C@]2(C)C(=O)CC[C@@H]32)C1.C[C@@]1(O)CC[C@@]2(C)[C@@H](CC[C@@H]3[C@@H]2CC[C@]2(C)[C@@H](Nc4cccc(F)c4)CC[C@@H]32)C1.Nc1cccc(F)c1.[U].[U].[U].[U]. The number of ketones is 1. The molecule has 0 bridgehead atoms. The van der Waals surface area contributed by atoms with E-state index in [0.717, 1.165) is 80.2 Å². The van der Waals surface area contributed by atoms with Gasteiger partial charge in [-0.25, -0.2) is 8.78 Å². The number of carbonyl (C=O) groups is 1. The molecule has 8 saturated carbocycles. The second-order valence-corrected chi connectivity index (χ2v) is 23.0. The fourth-order valence-electron chi connectivity index (χ4n) is 16.2. The van der Waals surface area contributed by atoms with Gasteiger partial charge < -0.3 is 21.3 Å². The molecule has 2 aromatic carbocycles. The molecular formula is C53H80F2N2O3U4. The first-order chi connectivity index (χ1) is 27.8. The maximum absolute atomic E-state index is 13.7. The average molecular weight is 1780 g/mol. The zero-order valence-electron chi connectivity index (χ0n) is 39.2. The summed E-state index contributed by atoms with van der Waals surface area (Å²) in [5.74, 6) is 6.16. The number of hydrogen-bond donors (Lipinski definition) is 4. The van der Waals surface area contributed by atoms with Gasteiger partial charge in [-0.05, 0) is 223 Å². The van der Waals surface area contributed by atoms with Crippen LogP contribution in [0.4, 0.5) is 20.2 Å². The van der Waals surface area contributed by atoms with Gasteiger partial charge in [0.2, 0.25) is 0 Å². The molecule has 8 aliphatic carbocycles. The van der Waals surface area contributed by atoms with E-state index in [1.165, 1.54) is 88.8 Å². The van der Waals surface area contributed by atoms with Gasteiger partial charge in [-0.2, -0.15) is 0 Å². The first-order valence-corrected chi connectivity index (χ1v) is 23.8. The fraction of sp³-hybridized carbons (Fsp3) is 0.755. The topological polar surface area (TPSA) is 95.6 Å². The molecule has 0 radical (unpaired) electrons. The van der Waals surface area contributed by atoms with Crippen molar-refractivity contribution < 1.29 is 148 Å². The average Bonchev–Trinajstić information content (AvgIpc) is 3.67. The number of aliphatic hydroxyl groups is 2. The summed E-state index contributed by atoms with van der Waals surface area (Å²) in [5, 5.41) is 24.9. The minimum Gasteiger partial charge on any atom is -0.399 e. The molecule has 350 valence electrons. The van der Waals surface area contributed by atoms with Gasteiger partial charge in [-0.1, -0.05) is 47.3 Å². The van der Waals surface area contributed by atoms with Gasteiger partial charge in [0, 0.05) is 154 Å². The van der Waals surface area contributed by atoms with Crippen LogP contribution < -0.4 is 11.1 Å². The molecule has 5 nitrogen and oxygen atoms in total. The van der Waals surface area contributed by atoms with Gasteiger partial charge in [-0.3, -0.25) is 4.79 Å². The third kappa shape index (κ3) is 11.8. The molecule has 10 rings (SSSR count). The van der Waals surface area contributed by atoms with Gasteiger partial charge >= 0.3 is 0 Å². The molecule has 2 aromatic rings. The first kappa shape index (κ1) is 60.0. The number of Topliss-reactive ketones (excluding diaryl/α,β-unsaturated/α-hetero) is 1. The van der Waals surface area contributed by atoms with E-state index < -0.39 is 11.2 Å². The minimum atomic E-state index is -0.451. The molecule has 64 heavy (non-hydrogen) atoms. The second kappa shape index (κ2) is 23.1. The summed E-state index contributed by atoms with van der Waals surface area (Å²) < 4.78 is 25.8. The second-order valence-electron chi connectivity index (χ2n) is 23.0. The van der Waals surface area contributed by atoms with Crippen molar-refractivity contribution in [1.29, 1.82) is 0 Å². The zero-order chi connectivity index (χ0) is 42.2. The summed E-state index contributed by atoms with van der Waals surface area (Å²) >= 11 is 0. The Labute approximate surface area is 481 Å². The van der Waals surface area contributed by atoms with Crippen LogP contribution in [0.2, 0.25) is 0 Å². The summed E-state index contributed by atoms with van der Waals surface area (Å²) in [6.07, 6.45) is 21.0. The van der Waals surface area contributed by atoms with E-state index in [4.69, 9.17) is 5.73 Å². The maximum atomic E-state index is 13.7. The van der Waals surface area contributed by atoms with Crippen LogP contribution in [0, 0.1) is 205 Å². The van der Waals surface area contributed by atoms with Crippen LogP contribution in [0.5, 0.6) is 0 Å². The monoisotopic (exact) mass is 1780 g/mol. The summed E-state index contributed by atoms with van der Waals surface area (Å²) in [7, 11) is 0. The number of fused-ring (bicyclic) bond motifs is 10. The van der Waals surface area contributed by atoms with Crippen molar-refractivity contribution in [1.82, 2.24) is 0 Å². The Balaban J connectivity index is 0.000000277. The van der Waals surface area contributed by atoms with Crippen molar-refractivity contribution in [2.24, 2.45) is 69.0 Å². The van der Waals surface area contributed by atoms with Crippen LogP contribution in [0.3, 0.4) is 0 Å². The van der Waals surface area contributed by atoms with E-state index >= 15 is 0 Å². The Kier molecular flexibility index (Phi) is 21.6. The number of nitrogens with one attached hydrogen (secondary N) is 1. The Morgan fingerprint density at radius 3 is 1.59 bits per heavy atom. The van der Waals surface area contributed by atoms with Gasteiger partial charge in [0.05, 0.1) is 11.2 Å². The first-order valence-electron chi connectivity index (χ1n) is 23.8. The Bertz CT molecular complexity index is 1850. The quantitative estimate of drug-likeness (QED) is 0.225. The maximum Gasteiger partial charge on any atom is 0.139 e. The fourth-order valence-corrected chi connectivity index (χ4v) is 16.2. The van der Waals surface area contributed by atoms with Crippen molar-refractivity contribution >= 4 is 17.2 Å². The van der Waals surface area contributed by atoms with Gasteiger partial charge in [0.1, 0.15) is 17.4 Å². The van der Waals surface area contributed by atoms with Crippen molar-refractivity contribution in [3.63, 3.8) is 0 Å². The van der Waals surface area contributed by atoms with E-state index in [0.29, 0.717) is 51.5 Å². The number of anilines is 2. The Morgan fingerprint density at radius 1 is 0.578 bits per heavy atom. The largest absolute Gasteiger partial charge is 0.399 e. The van der Waals surface area contributed by atoms with E-state index in [-0.39, 0.29) is 149 Å². The van der Waals surface area contributed by atoms with Gasteiger partial charge in [0.25, 0.3) is 0 Å². The van der Waals surface area contributed by atoms with Crippen LogP contribution in [-0.2, 0) is 4.79 Å². The van der Waals surface area contributed by atoms with Gasteiger partial charge in [0.15, 0.2) is 0 Å². The van der Waals surface area contributed by atoms with E-state index in [9.17, 15) is 23.8 Å². The Hall–Kier alpha value is 1.70. The minimum absolute atomic E-state index is 0. The normalized spacial score (nSPS) is 43.3. The third-order valence-electron chi connectivity index (χ3n) is 19.6. The molecule has 8 aliphatic rings. The van der Waals surface area contributed by atoms with Crippen molar-refractivity contribution in [2.75, 3.05) is 11.1 Å². The molecule has 5 N–H and O–H groups in total. The Morgan fingerprint density at radius 2 is 1.08 bits per heavy atom. The van der Waals surface area contributed by atoms with Crippen molar-refractivity contribution in [3.8, 4) is 0 Å². The summed E-state index contributed by atoms with van der Waals surface area (Å²) in [6, 6.07) is 13.3. The predicted molar refractivity (Wildman–Crippen MR) is 241 cm³/mol. The predicted octanol–water partition coefficient (Wildman–Crippen LogP) is 12.8. The molecule has 11 heteroatoms. The molecule has 8 fully saturated rings. The number of rotatable bonds is 2. The summed E-state index contributed by atoms with van der Waals surface area (Å²) in [4.78, 5) is 12.4. The number of halogens is 2. The molecule has 0 amide bonds. The zero-order valence-corrected chi connectivity index (χ0v) is 55.8. The molecule has 0 aromatic heterocycles. The number of nitrogen functional groups attached to an aromatic ring is 1. The summed E-state index contributed by atoms with van der Waals surface area (Å²) in [6.45, 7) is 13.9. The van der Waals surface area contributed by atoms with Crippen LogP contribution in [-0.4, -0.2) is 33.2 Å². The van der Waals surface area contributed by atoms with E-state index in [1.54, 1.807) is 18.2 Å². The number of benzene rings is 2. The molecule has 0 heterocycles. The van der Waals surface area contributed by atoms with Crippen LogP contribution in [0.15, 0.2) is 48.5 Å². The van der Waals surface area contributed by atoms with Crippen LogP contribution >= 0.6 is 0 Å². The van der Waals surface area contributed by atoms with E-state index in [1.807, 2.05) is 19.1 Å². The number of hydrogen-bond acceptors (Lipinski definition) is 5. The third-order valence-corrected chi connectivity index (χ3v) is 19.6. The van der Waals surface area contributed by atoms with Crippen molar-refractivity contribution in [2.45, 2.75) is 182 Å². The molecule has 0 saturated heterocycles. The molecule has 0 aliphatic heterocycles. The standard InChI is InChI=1S/C26H38FNO.C20H32O2.C6H6FN.CH4.4U/c1-24(29)13-14-25(2)17(16-24)7-8-20-21-9-10-23(26(21,3)12-11-22(20)25)28-19-6-4-5-18(27)15-19;1-18(22)10-11-19(2)13(12-18)4-5-14-15-6-7-17(21)20(15,3)9-8-16(14)19;7-5-2-1-3-6(8)4-5;;;;;/h4-6,15,17,20-23,28-29H,7-14,16H2,1-3H3;13-16,22H,4-12H2,1-3H3;1-4H,8H2;1H4;;;;/t17-,20-,21-,22-,23-,24+,25-,26-;13-,14-,15-,16-,18+,19-,20-;;;;;;/m00....../s1. The molecule has 15 atom stereocenters. The number of carbonyl (C=O) groups excluding carboxylic acids is 1.